The number of hydrogen-bond acceptors (Lipinski definition) is 3. The zero-order valence-corrected chi connectivity index (χ0v) is 10.8. The smallest absolute Gasteiger partial charge is 0.269 e. The first kappa shape index (κ1) is 13.1. The maximum Gasteiger partial charge on any atom is 0.269 e. The standard InChI is InChI=1S/C15H16N2O2/c1-19-13-7-5-12(6-8-13)9-11-17-15(18)14-4-2-3-10-16-14/h2-8,10H,9,11H2,1H3,(H,17,18). The fourth-order valence-electron chi connectivity index (χ4n) is 1.70. The van der Waals surface area contributed by atoms with Crippen LogP contribution in [0.15, 0.2) is 48.7 Å². The van der Waals surface area contributed by atoms with Gasteiger partial charge in [0.2, 0.25) is 0 Å². The van der Waals surface area contributed by atoms with Gasteiger partial charge in [-0.3, -0.25) is 9.78 Å². The molecule has 1 N–H and O–H groups in total. The summed E-state index contributed by atoms with van der Waals surface area (Å²) >= 11 is 0. The van der Waals surface area contributed by atoms with Crippen molar-refractivity contribution in [1.82, 2.24) is 10.3 Å². The Bertz CT molecular complexity index is 524. The van der Waals surface area contributed by atoms with Crippen molar-refractivity contribution < 1.29 is 9.53 Å². The average molecular weight is 256 g/mol. The summed E-state index contributed by atoms with van der Waals surface area (Å²) in [7, 11) is 1.64. The van der Waals surface area contributed by atoms with E-state index in [1.807, 2.05) is 24.3 Å². The summed E-state index contributed by atoms with van der Waals surface area (Å²) in [6.45, 7) is 0.585. The molecule has 2 rings (SSSR count). The van der Waals surface area contributed by atoms with Gasteiger partial charge in [0, 0.05) is 12.7 Å². The predicted octanol–water partition coefficient (Wildman–Crippen LogP) is 2.06. The fourth-order valence-corrected chi connectivity index (χ4v) is 1.70. The van der Waals surface area contributed by atoms with Crippen molar-refractivity contribution in [3.8, 4) is 5.75 Å². The van der Waals surface area contributed by atoms with Crippen LogP contribution in [0, 0.1) is 0 Å². The monoisotopic (exact) mass is 256 g/mol. The maximum atomic E-state index is 11.7. The summed E-state index contributed by atoms with van der Waals surface area (Å²) in [6.07, 6.45) is 2.39. The van der Waals surface area contributed by atoms with Crippen LogP contribution in [-0.2, 0) is 6.42 Å². The second kappa shape index (κ2) is 6.54. The Morgan fingerprint density at radius 1 is 1.21 bits per heavy atom. The van der Waals surface area contributed by atoms with E-state index in [0.29, 0.717) is 12.2 Å². The van der Waals surface area contributed by atoms with Crippen LogP contribution >= 0.6 is 0 Å². The summed E-state index contributed by atoms with van der Waals surface area (Å²) in [6, 6.07) is 13.1. The second-order valence-electron chi connectivity index (χ2n) is 4.07. The van der Waals surface area contributed by atoms with Gasteiger partial charge >= 0.3 is 0 Å². The Balaban J connectivity index is 1.81. The van der Waals surface area contributed by atoms with E-state index in [9.17, 15) is 4.79 Å². The van der Waals surface area contributed by atoms with Gasteiger partial charge in [0.25, 0.3) is 5.91 Å². The molecule has 0 radical (unpaired) electrons. The average Bonchev–Trinajstić information content (AvgIpc) is 2.49. The molecule has 0 aliphatic heterocycles. The first-order valence-electron chi connectivity index (χ1n) is 6.12. The SMILES string of the molecule is COc1ccc(CCNC(=O)c2ccccn2)cc1. The Morgan fingerprint density at radius 3 is 2.63 bits per heavy atom. The number of methoxy groups -OCH3 is 1. The second-order valence-corrected chi connectivity index (χ2v) is 4.07. The maximum absolute atomic E-state index is 11.7. The Kier molecular flexibility index (Phi) is 4.50. The molecule has 0 atom stereocenters. The van der Waals surface area contributed by atoms with Crippen LogP contribution in [0.1, 0.15) is 16.1 Å². The molecular weight excluding hydrogens is 240 g/mol. The molecule has 1 aromatic carbocycles. The summed E-state index contributed by atoms with van der Waals surface area (Å²) in [5, 5.41) is 2.84. The molecule has 0 aliphatic rings. The lowest BCUT2D eigenvalue weighted by molar-refractivity contribution is 0.0949. The molecule has 1 heterocycles. The zero-order chi connectivity index (χ0) is 13.5. The van der Waals surface area contributed by atoms with E-state index in [2.05, 4.69) is 10.3 Å². The largest absolute Gasteiger partial charge is 0.497 e. The fraction of sp³-hybridized carbons (Fsp3) is 0.200. The molecule has 0 saturated carbocycles. The van der Waals surface area contributed by atoms with Crippen molar-refractivity contribution in [1.29, 1.82) is 0 Å². The number of ether oxygens (including phenoxy) is 1. The highest BCUT2D eigenvalue weighted by Crippen LogP contribution is 2.11. The molecule has 19 heavy (non-hydrogen) atoms. The molecule has 4 nitrogen and oxygen atoms in total. The van der Waals surface area contributed by atoms with Crippen molar-refractivity contribution in [2.24, 2.45) is 0 Å². The molecule has 0 unspecified atom stereocenters. The molecule has 0 bridgehead atoms. The van der Waals surface area contributed by atoms with Gasteiger partial charge in [0.15, 0.2) is 0 Å². The number of pyridine rings is 1. The lowest BCUT2D eigenvalue weighted by atomic mass is 10.1. The van der Waals surface area contributed by atoms with Crippen LogP contribution in [0.5, 0.6) is 5.75 Å². The number of rotatable bonds is 5. The Morgan fingerprint density at radius 2 is 2.00 bits per heavy atom. The quantitative estimate of drug-likeness (QED) is 0.891. The lowest BCUT2D eigenvalue weighted by Crippen LogP contribution is -2.26. The van der Waals surface area contributed by atoms with E-state index >= 15 is 0 Å². The van der Waals surface area contributed by atoms with Gasteiger partial charge in [0.1, 0.15) is 11.4 Å². The molecule has 4 heteroatoms. The van der Waals surface area contributed by atoms with Crippen LogP contribution in [0.25, 0.3) is 0 Å². The van der Waals surface area contributed by atoms with Crippen molar-refractivity contribution in [2.45, 2.75) is 6.42 Å². The molecule has 2 aromatic rings. The molecule has 1 amide bonds. The molecule has 0 spiro atoms. The zero-order valence-electron chi connectivity index (χ0n) is 10.8. The molecule has 0 fully saturated rings. The summed E-state index contributed by atoms with van der Waals surface area (Å²) in [5.41, 5.74) is 1.60. The highest BCUT2D eigenvalue weighted by molar-refractivity contribution is 5.92. The number of carbonyl (C=O) groups is 1. The topological polar surface area (TPSA) is 51.2 Å². The van der Waals surface area contributed by atoms with Crippen LogP contribution in [0.2, 0.25) is 0 Å². The van der Waals surface area contributed by atoms with Gasteiger partial charge in [0.05, 0.1) is 7.11 Å². The normalized spacial score (nSPS) is 9.95. The van der Waals surface area contributed by atoms with Gasteiger partial charge in [-0.1, -0.05) is 18.2 Å². The number of nitrogens with zero attached hydrogens (tertiary/aromatic N) is 1. The highest BCUT2D eigenvalue weighted by atomic mass is 16.5. The Labute approximate surface area is 112 Å². The van der Waals surface area contributed by atoms with E-state index in [4.69, 9.17) is 4.74 Å². The summed E-state index contributed by atoms with van der Waals surface area (Å²) in [5.74, 6) is 0.690. The first-order chi connectivity index (χ1) is 9.29. The van der Waals surface area contributed by atoms with Gasteiger partial charge in [-0.2, -0.15) is 0 Å². The minimum absolute atomic E-state index is 0.144. The van der Waals surface area contributed by atoms with Crippen molar-refractivity contribution in [3.05, 3.63) is 59.9 Å². The third kappa shape index (κ3) is 3.81. The van der Waals surface area contributed by atoms with E-state index in [1.165, 1.54) is 0 Å². The van der Waals surface area contributed by atoms with Crippen LogP contribution < -0.4 is 10.1 Å². The number of benzene rings is 1. The van der Waals surface area contributed by atoms with Crippen LogP contribution in [0.3, 0.4) is 0 Å². The van der Waals surface area contributed by atoms with Crippen LogP contribution in [0.4, 0.5) is 0 Å². The molecule has 1 aromatic heterocycles. The van der Waals surface area contributed by atoms with E-state index in [-0.39, 0.29) is 5.91 Å². The number of nitrogens with one attached hydrogen (secondary N) is 1. The number of hydrogen-bond donors (Lipinski definition) is 1. The van der Waals surface area contributed by atoms with E-state index < -0.39 is 0 Å². The van der Waals surface area contributed by atoms with Gasteiger partial charge in [-0.25, -0.2) is 0 Å². The number of carbonyl (C=O) groups excluding carboxylic acids is 1. The highest BCUT2D eigenvalue weighted by Gasteiger charge is 2.04. The first-order valence-corrected chi connectivity index (χ1v) is 6.12. The predicted molar refractivity (Wildman–Crippen MR) is 73.3 cm³/mol. The number of aromatic nitrogens is 1. The van der Waals surface area contributed by atoms with E-state index in [1.54, 1.807) is 31.5 Å². The van der Waals surface area contributed by atoms with Crippen molar-refractivity contribution in [2.75, 3.05) is 13.7 Å². The summed E-state index contributed by atoms with van der Waals surface area (Å²) < 4.78 is 5.09. The van der Waals surface area contributed by atoms with E-state index in [0.717, 1.165) is 17.7 Å². The minimum atomic E-state index is -0.144. The van der Waals surface area contributed by atoms with Gasteiger partial charge < -0.3 is 10.1 Å². The summed E-state index contributed by atoms with van der Waals surface area (Å²) in [4.78, 5) is 15.7. The van der Waals surface area contributed by atoms with Crippen molar-refractivity contribution in [3.63, 3.8) is 0 Å². The van der Waals surface area contributed by atoms with Crippen molar-refractivity contribution >= 4 is 5.91 Å². The third-order valence-electron chi connectivity index (χ3n) is 2.76. The van der Waals surface area contributed by atoms with Gasteiger partial charge in [-0.15, -0.1) is 0 Å². The number of amides is 1. The molecular formula is C15H16N2O2. The van der Waals surface area contributed by atoms with Gasteiger partial charge in [-0.05, 0) is 36.2 Å². The molecule has 0 saturated heterocycles. The molecule has 0 aliphatic carbocycles. The van der Waals surface area contributed by atoms with Crippen LogP contribution in [-0.4, -0.2) is 24.5 Å². The Hall–Kier alpha value is -2.36. The minimum Gasteiger partial charge on any atom is -0.497 e. The third-order valence-corrected chi connectivity index (χ3v) is 2.76. The molecule has 98 valence electrons. The lowest BCUT2D eigenvalue weighted by Gasteiger charge is -2.05.